The standard InChI is InChI=1S/C19H20O3/c20-19(15-17-9-3-1-4-10-17)22-14-8-7-13-21-16-18-11-5-2-6-12-18/h1-12H,13-16H2/b8-7+. The number of carbonyl (C=O) groups excluding carboxylic acids is 1. The van der Waals surface area contributed by atoms with Crippen molar-refractivity contribution in [3.63, 3.8) is 0 Å². The van der Waals surface area contributed by atoms with E-state index < -0.39 is 0 Å². The Bertz CT molecular complexity index is 576. The van der Waals surface area contributed by atoms with E-state index in [1.807, 2.05) is 66.7 Å². The first kappa shape index (κ1) is 16.0. The van der Waals surface area contributed by atoms with Gasteiger partial charge in [0.2, 0.25) is 0 Å². The first-order valence-electron chi connectivity index (χ1n) is 7.31. The molecule has 0 aliphatic heterocycles. The van der Waals surface area contributed by atoms with Crippen LogP contribution in [-0.2, 0) is 27.3 Å². The van der Waals surface area contributed by atoms with Crippen LogP contribution >= 0.6 is 0 Å². The summed E-state index contributed by atoms with van der Waals surface area (Å²) in [5.41, 5.74) is 2.10. The first-order chi connectivity index (χ1) is 10.8. The lowest BCUT2D eigenvalue weighted by atomic mass is 10.2. The highest BCUT2D eigenvalue weighted by Gasteiger charge is 2.02. The molecule has 0 heterocycles. The molecule has 0 fully saturated rings. The molecule has 0 spiro atoms. The Labute approximate surface area is 131 Å². The van der Waals surface area contributed by atoms with E-state index in [0.29, 0.717) is 19.6 Å². The van der Waals surface area contributed by atoms with E-state index in [9.17, 15) is 4.79 Å². The van der Waals surface area contributed by atoms with E-state index in [-0.39, 0.29) is 12.6 Å². The molecule has 0 aliphatic carbocycles. The SMILES string of the molecule is O=C(Cc1ccccc1)OC/C=C/COCc1ccccc1. The van der Waals surface area contributed by atoms with E-state index in [0.717, 1.165) is 11.1 Å². The number of hydrogen-bond acceptors (Lipinski definition) is 3. The van der Waals surface area contributed by atoms with Crippen LogP contribution in [0, 0.1) is 0 Å². The van der Waals surface area contributed by atoms with E-state index >= 15 is 0 Å². The summed E-state index contributed by atoms with van der Waals surface area (Å²) in [7, 11) is 0. The zero-order valence-electron chi connectivity index (χ0n) is 12.5. The summed E-state index contributed by atoms with van der Waals surface area (Å²) in [5.74, 6) is -0.221. The molecule has 22 heavy (non-hydrogen) atoms. The normalized spacial score (nSPS) is 10.7. The molecule has 0 radical (unpaired) electrons. The fourth-order valence-electron chi connectivity index (χ4n) is 1.91. The molecule has 2 aromatic carbocycles. The summed E-state index contributed by atoms with van der Waals surface area (Å²) in [6, 6.07) is 19.6. The molecule has 2 rings (SSSR count). The Morgan fingerprint density at radius 3 is 2.09 bits per heavy atom. The van der Waals surface area contributed by atoms with E-state index in [1.165, 1.54) is 0 Å². The van der Waals surface area contributed by atoms with Crippen molar-refractivity contribution in [2.24, 2.45) is 0 Å². The van der Waals surface area contributed by atoms with Gasteiger partial charge in [0.1, 0.15) is 6.61 Å². The molecule has 0 atom stereocenters. The summed E-state index contributed by atoms with van der Waals surface area (Å²) >= 11 is 0. The van der Waals surface area contributed by atoms with Crippen molar-refractivity contribution < 1.29 is 14.3 Å². The smallest absolute Gasteiger partial charge is 0.310 e. The molecule has 0 saturated heterocycles. The summed E-state index contributed by atoms with van der Waals surface area (Å²) < 4.78 is 10.6. The lowest BCUT2D eigenvalue weighted by Gasteiger charge is -2.02. The number of ether oxygens (including phenoxy) is 2. The van der Waals surface area contributed by atoms with Crippen molar-refractivity contribution >= 4 is 5.97 Å². The van der Waals surface area contributed by atoms with Crippen LogP contribution in [0.5, 0.6) is 0 Å². The van der Waals surface area contributed by atoms with Crippen LogP contribution in [0.1, 0.15) is 11.1 Å². The van der Waals surface area contributed by atoms with E-state index in [1.54, 1.807) is 6.08 Å². The molecule has 0 unspecified atom stereocenters. The Kier molecular flexibility index (Phi) is 6.93. The highest BCUT2D eigenvalue weighted by Crippen LogP contribution is 2.01. The van der Waals surface area contributed by atoms with Crippen LogP contribution in [-0.4, -0.2) is 19.2 Å². The second kappa shape index (κ2) is 9.53. The summed E-state index contributed by atoms with van der Waals surface area (Å²) in [5, 5.41) is 0. The molecule has 114 valence electrons. The number of hydrogen-bond donors (Lipinski definition) is 0. The van der Waals surface area contributed by atoms with Crippen molar-refractivity contribution in [1.29, 1.82) is 0 Å². The van der Waals surface area contributed by atoms with Gasteiger partial charge < -0.3 is 9.47 Å². The second-order valence-corrected chi connectivity index (χ2v) is 4.82. The minimum Gasteiger partial charge on any atom is -0.461 e. The third-order valence-electron chi connectivity index (χ3n) is 3.02. The molecule has 0 bridgehead atoms. The maximum absolute atomic E-state index is 11.6. The van der Waals surface area contributed by atoms with Crippen molar-refractivity contribution in [1.82, 2.24) is 0 Å². The molecule has 0 amide bonds. The minimum atomic E-state index is -0.221. The van der Waals surface area contributed by atoms with E-state index in [4.69, 9.17) is 9.47 Å². The van der Waals surface area contributed by atoms with Crippen molar-refractivity contribution in [2.45, 2.75) is 13.0 Å². The highest BCUT2D eigenvalue weighted by molar-refractivity contribution is 5.72. The first-order valence-corrected chi connectivity index (χ1v) is 7.31. The lowest BCUT2D eigenvalue weighted by Crippen LogP contribution is -2.07. The van der Waals surface area contributed by atoms with Crippen LogP contribution in [0.15, 0.2) is 72.8 Å². The van der Waals surface area contributed by atoms with Gasteiger partial charge in [0.15, 0.2) is 0 Å². The van der Waals surface area contributed by atoms with Gasteiger partial charge in [-0.25, -0.2) is 0 Å². The Morgan fingerprint density at radius 1 is 0.818 bits per heavy atom. The van der Waals surface area contributed by atoms with Gasteiger partial charge >= 0.3 is 5.97 Å². The lowest BCUT2D eigenvalue weighted by molar-refractivity contribution is -0.141. The average molecular weight is 296 g/mol. The van der Waals surface area contributed by atoms with Crippen LogP contribution in [0.2, 0.25) is 0 Å². The molecule has 0 aliphatic rings. The zero-order valence-corrected chi connectivity index (χ0v) is 12.5. The van der Waals surface area contributed by atoms with Crippen molar-refractivity contribution in [3.05, 3.63) is 83.9 Å². The summed E-state index contributed by atoms with van der Waals surface area (Å²) in [6.07, 6.45) is 3.96. The second-order valence-electron chi connectivity index (χ2n) is 4.82. The highest BCUT2D eigenvalue weighted by atomic mass is 16.5. The largest absolute Gasteiger partial charge is 0.461 e. The van der Waals surface area contributed by atoms with Crippen LogP contribution < -0.4 is 0 Å². The monoisotopic (exact) mass is 296 g/mol. The molecule has 2 aromatic rings. The summed E-state index contributed by atoms with van der Waals surface area (Å²) in [4.78, 5) is 11.6. The quantitative estimate of drug-likeness (QED) is 0.424. The molecule has 3 heteroatoms. The Balaban J connectivity index is 1.55. The fraction of sp³-hybridized carbons (Fsp3) is 0.211. The fourth-order valence-corrected chi connectivity index (χ4v) is 1.91. The number of benzene rings is 2. The van der Waals surface area contributed by atoms with Crippen molar-refractivity contribution in [3.8, 4) is 0 Å². The maximum Gasteiger partial charge on any atom is 0.310 e. The molecule has 3 nitrogen and oxygen atoms in total. The predicted octanol–water partition coefficient (Wildman–Crippen LogP) is 3.55. The van der Waals surface area contributed by atoms with Crippen LogP contribution in [0.25, 0.3) is 0 Å². The minimum absolute atomic E-state index is 0.221. The molecule has 0 N–H and O–H groups in total. The van der Waals surface area contributed by atoms with E-state index in [2.05, 4.69) is 0 Å². The van der Waals surface area contributed by atoms with Gasteiger partial charge in [-0.05, 0) is 17.2 Å². The molecule has 0 saturated carbocycles. The third-order valence-corrected chi connectivity index (χ3v) is 3.02. The topological polar surface area (TPSA) is 35.5 Å². The number of esters is 1. The van der Waals surface area contributed by atoms with Gasteiger partial charge in [0.25, 0.3) is 0 Å². The van der Waals surface area contributed by atoms with Gasteiger partial charge in [-0.1, -0.05) is 66.7 Å². The third kappa shape index (κ3) is 6.37. The van der Waals surface area contributed by atoms with Gasteiger partial charge in [0.05, 0.1) is 19.6 Å². The average Bonchev–Trinajstić information content (AvgIpc) is 2.56. The molecule has 0 aromatic heterocycles. The Hall–Kier alpha value is -2.39. The zero-order chi connectivity index (χ0) is 15.5. The number of rotatable bonds is 8. The van der Waals surface area contributed by atoms with Crippen LogP contribution in [0.4, 0.5) is 0 Å². The van der Waals surface area contributed by atoms with Crippen LogP contribution in [0.3, 0.4) is 0 Å². The maximum atomic E-state index is 11.6. The molecular formula is C19H20O3. The van der Waals surface area contributed by atoms with Gasteiger partial charge in [-0.2, -0.15) is 0 Å². The Morgan fingerprint density at radius 2 is 1.41 bits per heavy atom. The van der Waals surface area contributed by atoms with Gasteiger partial charge in [-0.15, -0.1) is 0 Å². The summed E-state index contributed by atoms with van der Waals surface area (Å²) in [6.45, 7) is 1.37. The van der Waals surface area contributed by atoms with Gasteiger partial charge in [-0.3, -0.25) is 4.79 Å². The molecular weight excluding hydrogens is 276 g/mol. The number of carbonyl (C=O) groups is 1. The van der Waals surface area contributed by atoms with Gasteiger partial charge in [0, 0.05) is 0 Å². The van der Waals surface area contributed by atoms with Crippen molar-refractivity contribution in [2.75, 3.05) is 13.2 Å². The predicted molar refractivity (Wildman–Crippen MR) is 86.3 cm³/mol.